The van der Waals surface area contributed by atoms with Gasteiger partial charge in [0, 0.05) is 0 Å². The van der Waals surface area contributed by atoms with Crippen LogP contribution in [-0.2, 0) is 0 Å². The van der Waals surface area contributed by atoms with Crippen molar-refractivity contribution in [3.05, 3.63) is 66.2 Å². The van der Waals surface area contributed by atoms with Crippen LogP contribution in [0.5, 0.6) is 0 Å². The van der Waals surface area contributed by atoms with Crippen LogP contribution in [0.4, 0.5) is 0 Å². The molecule has 3 heteroatoms. The van der Waals surface area contributed by atoms with Gasteiger partial charge in [0.05, 0.1) is 0 Å². The Hall–Kier alpha value is -1.02. The van der Waals surface area contributed by atoms with Crippen LogP contribution in [0.15, 0.2) is 65.7 Å². The molecule has 0 aliphatic carbocycles. The van der Waals surface area contributed by atoms with Crippen molar-refractivity contribution in [2.75, 3.05) is 6.54 Å². The van der Waals surface area contributed by atoms with Crippen molar-refractivity contribution in [2.24, 2.45) is 4.99 Å². The zero-order valence-electron chi connectivity index (χ0n) is 12.3. The average Bonchev–Trinajstić information content (AvgIpc) is 2.99. The van der Waals surface area contributed by atoms with Gasteiger partial charge in [-0.1, -0.05) is 0 Å². The van der Waals surface area contributed by atoms with E-state index in [0.29, 0.717) is 24.5 Å². The molecule has 2 aromatic carbocycles. The van der Waals surface area contributed by atoms with E-state index in [9.17, 15) is 0 Å². The Labute approximate surface area is 137 Å². The van der Waals surface area contributed by atoms with Crippen molar-refractivity contribution < 1.29 is 0 Å². The molecule has 108 valence electrons. The molecule has 1 atom stereocenters. The van der Waals surface area contributed by atoms with E-state index in [1.807, 2.05) is 11.8 Å². The van der Waals surface area contributed by atoms with E-state index in [4.69, 9.17) is 4.99 Å². The molecule has 1 unspecified atom stereocenters. The molecule has 0 saturated heterocycles. The summed E-state index contributed by atoms with van der Waals surface area (Å²) in [5, 5.41) is 1.78. The molecular weight excluding hydrogens is 341 g/mol. The average molecular weight is 360 g/mol. The van der Waals surface area contributed by atoms with Gasteiger partial charge in [0.1, 0.15) is 0 Å². The number of nitrogens with zero attached hydrogens (tertiary/aromatic N) is 1. The van der Waals surface area contributed by atoms with Crippen LogP contribution < -0.4 is 4.46 Å². The molecule has 1 heterocycles. The predicted molar refractivity (Wildman–Crippen MR) is 95.1 cm³/mol. The summed E-state index contributed by atoms with van der Waals surface area (Å²) in [6.07, 6.45) is 0. The maximum atomic E-state index is 4.78. The second-order valence-electron chi connectivity index (χ2n) is 5.64. The van der Waals surface area contributed by atoms with Crippen LogP contribution in [0.3, 0.4) is 0 Å². The van der Waals surface area contributed by atoms with Gasteiger partial charge in [0.25, 0.3) is 0 Å². The van der Waals surface area contributed by atoms with E-state index in [1.54, 1.807) is 0 Å². The van der Waals surface area contributed by atoms with Crippen LogP contribution in [0.1, 0.15) is 19.4 Å². The van der Waals surface area contributed by atoms with Crippen LogP contribution in [0, 0.1) is 0 Å². The van der Waals surface area contributed by atoms with Gasteiger partial charge in [-0.25, -0.2) is 0 Å². The van der Waals surface area contributed by atoms with Gasteiger partial charge in [0.2, 0.25) is 0 Å². The number of thioether (sulfide) groups is 1. The summed E-state index contributed by atoms with van der Waals surface area (Å²) in [4.78, 5) is 4.78. The van der Waals surface area contributed by atoms with Crippen LogP contribution >= 0.6 is 11.8 Å². The third-order valence-corrected chi connectivity index (χ3v) is 8.29. The van der Waals surface area contributed by atoms with E-state index in [1.165, 1.54) is 15.1 Å². The molecular formula is C18H19NSSe. The molecule has 0 bridgehead atoms. The summed E-state index contributed by atoms with van der Waals surface area (Å²) in [5.74, 6) is 0. The summed E-state index contributed by atoms with van der Waals surface area (Å²) in [6.45, 7) is 5.72. The van der Waals surface area contributed by atoms with Crippen molar-refractivity contribution in [2.45, 2.75) is 23.4 Å². The van der Waals surface area contributed by atoms with E-state index in [-0.39, 0.29) is 0 Å². The van der Waals surface area contributed by atoms with Gasteiger partial charge in [-0.05, 0) is 0 Å². The van der Waals surface area contributed by atoms with Gasteiger partial charge >= 0.3 is 137 Å². The predicted octanol–water partition coefficient (Wildman–Crippen LogP) is 3.78. The van der Waals surface area contributed by atoms with E-state index >= 15 is 0 Å². The standard InChI is InChI=1S/C18H19NSSe/c1-18(2,21-15-11-7-4-8-12-15)16-13-19-17(20-16)14-9-5-3-6-10-14/h3-12,16H,13H2,1-2H3. The molecule has 1 nitrogen and oxygen atoms in total. The van der Waals surface area contributed by atoms with Gasteiger partial charge < -0.3 is 0 Å². The van der Waals surface area contributed by atoms with Crippen molar-refractivity contribution in [1.29, 1.82) is 0 Å². The second kappa shape index (κ2) is 6.39. The molecule has 0 N–H and O–H groups in total. The molecule has 0 fully saturated rings. The number of hydrogen-bond acceptors (Lipinski definition) is 2. The molecule has 0 radical (unpaired) electrons. The Morgan fingerprint density at radius 3 is 2.29 bits per heavy atom. The molecule has 2 aromatic rings. The third kappa shape index (κ3) is 3.60. The van der Waals surface area contributed by atoms with Crippen molar-refractivity contribution in [3.8, 4) is 0 Å². The monoisotopic (exact) mass is 361 g/mol. The normalized spacial score (nSPS) is 18.6. The fourth-order valence-electron chi connectivity index (χ4n) is 2.33. The number of hydrogen-bond donors (Lipinski definition) is 0. The Bertz CT molecular complexity index is 622. The molecule has 1 aliphatic heterocycles. The minimum absolute atomic E-state index is 0.305. The van der Waals surface area contributed by atoms with Gasteiger partial charge in [-0.2, -0.15) is 0 Å². The molecule has 3 rings (SSSR count). The molecule has 0 aromatic heterocycles. The summed E-state index contributed by atoms with van der Waals surface area (Å²) in [7, 11) is 0. The van der Waals surface area contributed by atoms with Gasteiger partial charge in [0.15, 0.2) is 0 Å². The summed E-state index contributed by atoms with van der Waals surface area (Å²) in [5.41, 5.74) is 1.26. The SMILES string of the molecule is CC(C)([Se]c1ccccc1)C1CN=C(c2ccccc2)S1. The summed E-state index contributed by atoms with van der Waals surface area (Å²) >= 11 is 2.42. The minimum atomic E-state index is 0.305. The summed E-state index contributed by atoms with van der Waals surface area (Å²) < 4.78 is 1.78. The van der Waals surface area contributed by atoms with Crippen LogP contribution in [0.25, 0.3) is 0 Å². The fourth-order valence-corrected chi connectivity index (χ4v) is 6.33. The quantitative estimate of drug-likeness (QED) is 0.756. The topological polar surface area (TPSA) is 12.4 Å². The van der Waals surface area contributed by atoms with Crippen molar-refractivity contribution in [3.63, 3.8) is 0 Å². The molecule has 0 saturated carbocycles. The number of aliphatic imine (C=N–C) groups is 1. The van der Waals surface area contributed by atoms with E-state index in [2.05, 4.69) is 74.5 Å². The first-order valence-electron chi connectivity index (χ1n) is 7.16. The zero-order valence-corrected chi connectivity index (χ0v) is 14.9. The Morgan fingerprint density at radius 2 is 1.62 bits per heavy atom. The Balaban J connectivity index is 1.69. The summed E-state index contributed by atoms with van der Waals surface area (Å²) in [6, 6.07) is 21.4. The van der Waals surface area contributed by atoms with Crippen molar-refractivity contribution >= 4 is 36.2 Å². The Kier molecular flexibility index (Phi) is 4.54. The number of benzene rings is 2. The third-order valence-electron chi connectivity index (χ3n) is 3.57. The van der Waals surface area contributed by atoms with Crippen LogP contribution in [0.2, 0.25) is 4.31 Å². The first-order chi connectivity index (χ1) is 10.1. The van der Waals surface area contributed by atoms with Crippen LogP contribution in [-0.4, -0.2) is 31.8 Å². The molecule has 1 aliphatic rings. The molecule has 0 amide bonds. The first kappa shape index (κ1) is 14.9. The van der Waals surface area contributed by atoms with E-state index in [0.717, 1.165) is 6.54 Å². The molecule has 21 heavy (non-hydrogen) atoms. The first-order valence-corrected chi connectivity index (χ1v) is 9.75. The maximum absolute atomic E-state index is 4.78. The number of rotatable bonds is 4. The van der Waals surface area contributed by atoms with Crippen molar-refractivity contribution in [1.82, 2.24) is 0 Å². The van der Waals surface area contributed by atoms with E-state index < -0.39 is 0 Å². The molecule has 0 spiro atoms. The van der Waals surface area contributed by atoms with Gasteiger partial charge in [-0.3, -0.25) is 0 Å². The van der Waals surface area contributed by atoms with Gasteiger partial charge in [-0.15, -0.1) is 0 Å². The fraction of sp³-hybridized carbons (Fsp3) is 0.278. The zero-order chi connectivity index (χ0) is 14.7. The second-order valence-corrected chi connectivity index (χ2v) is 10.5. The Morgan fingerprint density at radius 1 is 1.00 bits per heavy atom.